The second kappa shape index (κ2) is 10.4. The van der Waals surface area contributed by atoms with Crippen LogP contribution in [0.5, 0.6) is 11.5 Å². The SMILES string of the molecule is CCCN(CCN1CCN(S(=O)(=O)c2ccc(O)cc2)CC1)[C@H]1CCc2c(O)cccc2C1. The van der Waals surface area contributed by atoms with Gasteiger partial charge in [-0.05, 0) is 73.7 Å². The van der Waals surface area contributed by atoms with Crippen LogP contribution in [0.3, 0.4) is 0 Å². The van der Waals surface area contributed by atoms with Crippen LogP contribution in [0.1, 0.15) is 30.9 Å². The van der Waals surface area contributed by atoms with Gasteiger partial charge in [-0.2, -0.15) is 4.31 Å². The fourth-order valence-electron chi connectivity index (χ4n) is 5.07. The molecule has 2 N–H and O–H groups in total. The average molecular weight is 474 g/mol. The molecule has 7 nitrogen and oxygen atoms in total. The molecule has 2 aromatic carbocycles. The zero-order valence-electron chi connectivity index (χ0n) is 19.4. The van der Waals surface area contributed by atoms with Crippen LogP contribution in [0, 0.1) is 0 Å². The van der Waals surface area contributed by atoms with Crippen LogP contribution >= 0.6 is 0 Å². The minimum Gasteiger partial charge on any atom is -0.508 e. The molecule has 1 saturated heterocycles. The molecule has 1 fully saturated rings. The standard InChI is InChI=1S/C25H35N3O4S/c1-2-12-27(21-6-11-24-20(19-21)4-3-5-25(24)30)16-13-26-14-17-28(18-15-26)33(31,32)23-9-7-22(29)8-10-23/h3-5,7-10,21,29-30H,2,6,11-19H2,1H3/t21-/m0/s1. The maximum atomic E-state index is 12.9. The molecule has 2 aromatic rings. The molecule has 0 bridgehead atoms. The van der Waals surface area contributed by atoms with Crippen LogP contribution in [0.25, 0.3) is 0 Å². The summed E-state index contributed by atoms with van der Waals surface area (Å²) in [5.41, 5.74) is 2.37. The van der Waals surface area contributed by atoms with E-state index in [2.05, 4.69) is 22.8 Å². The monoisotopic (exact) mass is 473 g/mol. The first kappa shape index (κ1) is 24.0. The van der Waals surface area contributed by atoms with Crippen molar-refractivity contribution < 1.29 is 18.6 Å². The summed E-state index contributed by atoms with van der Waals surface area (Å²) in [6, 6.07) is 12.1. The summed E-state index contributed by atoms with van der Waals surface area (Å²) >= 11 is 0. The first-order chi connectivity index (χ1) is 15.9. The first-order valence-electron chi connectivity index (χ1n) is 11.9. The minimum absolute atomic E-state index is 0.0636. The van der Waals surface area contributed by atoms with Gasteiger partial charge in [0, 0.05) is 45.3 Å². The van der Waals surface area contributed by atoms with Crippen molar-refractivity contribution in [3.8, 4) is 11.5 Å². The van der Waals surface area contributed by atoms with E-state index in [1.807, 2.05) is 6.07 Å². The molecule has 180 valence electrons. The zero-order valence-corrected chi connectivity index (χ0v) is 20.2. The van der Waals surface area contributed by atoms with Gasteiger partial charge in [0.05, 0.1) is 4.90 Å². The quantitative estimate of drug-likeness (QED) is 0.613. The molecule has 0 unspecified atom stereocenters. The number of hydrogen-bond acceptors (Lipinski definition) is 6. The maximum Gasteiger partial charge on any atom is 0.243 e. The minimum atomic E-state index is -3.53. The number of piperazine rings is 1. The number of phenols is 2. The molecule has 1 aliphatic carbocycles. The van der Waals surface area contributed by atoms with E-state index in [0.717, 1.165) is 64.0 Å². The average Bonchev–Trinajstić information content (AvgIpc) is 2.82. The predicted octanol–water partition coefficient (Wildman–Crippen LogP) is 2.67. The van der Waals surface area contributed by atoms with Crippen molar-refractivity contribution >= 4 is 10.0 Å². The molecule has 0 amide bonds. The summed E-state index contributed by atoms with van der Waals surface area (Å²) in [6.45, 7) is 7.56. The second-order valence-electron chi connectivity index (χ2n) is 9.09. The Morgan fingerprint density at radius 2 is 1.73 bits per heavy atom. The van der Waals surface area contributed by atoms with E-state index in [4.69, 9.17) is 0 Å². The number of aromatic hydroxyl groups is 2. The number of phenolic OH excluding ortho intramolecular Hbond substituents is 2. The summed E-state index contributed by atoms with van der Waals surface area (Å²) < 4.78 is 27.3. The van der Waals surface area contributed by atoms with Crippen LogP contribution in [0.15, 0.2) is 47.4 Å². The largest absolute Gasteiger partial charge is 0.508 e. The van der Waals surface area contributed by atoms with Gasteiger partial charge in [-0.25, -0.2) is 8.42 Å². The number of benzene rings is 2. The third kappa shape index (κ3) is 5.51. The van der Waals surface area contributed by atoms with E-state index >= 15 is 0 Å². The highest BCUT2D eigenvalue weighted by molar-refractivity contribution is 7.89. The third-order valence-corrected chi connectivity index (χ3v) is 8.88. The first-order valence-corrected chi connectivity index (χ1v) is 13.4. The fraction of sp³-hybridized carbons (Fsp3) is 0.520. The van der Waals surface area contributed by atoms with E-state index in [1.54, 1.807) is 10.4 Å². The topological polar surface area (TPSA) is 84.3 Å². The van der Waals surface area contributed by atoms with Crippen molar-refractivity contribution in [2.45, 2.75) is 43.5 Å². The van der Waals surface area contributed by atoms with Gasteiger partial charge in [-0.1, -0.05) is 19.1 Å². The van der Waals surface area contributed by atoms with E-state index in [9.17, 15) is 18.6 Å². The molecule has 4 rings (SSSR count). The lowest BCUT2D eigenvalue weighted by atomic mass is 9.87. The predicted molar refractivity (Wildman–Crippen MR) is 129 cm³/mol. The van der Waals surface area contributed by atoms with Crippen molar-refractivity contribution in [2.75, 3.05) is 45.8 Å². The maximum absolute atomic E-state index is 12.9. The van der Waals surface area contributed by atoms with Gasteiger partial charge in [-0.3, -0.25) is 9.80 Å². The number of sulfonamides is 1. The molecular formula is C25H35N3O4S. The molecule has 0 spiro atoms. The molecule has 2 aliphatic rings. The molecule has 1 aliphatic heterocycles. The van der Waals surface area contributed by atoms with Crippen LogP contribution in [0.4, 0.5) is 0 Å². The Bertz CT molecular complexity index is 1030. The summed E-state index contributed by atoms with van der Waals surface area (Å²) in [5, 5.41) is 19.6. The molecule has 1 heterocycles. The lowest BCUT2D eigenvalue weighted by Crippen LogP contribution is -2.51. The normalized spacial score (nSPS) is 20.1. The van der Waals surface area contributed by atoms with Crippen molar-refractivity contribution in [3.05, 3.63) is 53.6 Å². The number of rotatable bonds is 8. The highest BCUT2D eigenvalue weighted by atomic mass is 32.2. The van der Waals surface area contributed by atoms with Crippen molar-refractivity contribution in [3.63, 3.8) is 0 Å². The summed E-state index contributed by atoms with van der Waals surface area (Å²) in [7, 11) is -3.53. The number of hydrogen-bond donors (Lipinski definition) is 2. The van der Waals surface area contributed by atoms with Gasteiger partial charge in [-0.15, -0.1) is 0 Å². The van der Waals surface area contributed by atoms with Gasteiger partial charge >= 0.3 is 0 Å². The Morgan fingerprint density at radius 1 is 1.00 bits per heavy atom. The molecule has 0 saturated carbocycles. The van der Waals surface area contributed by atoms with Crippen molar-refractivity contribution in [2.24, 2.45) is 0 Å². The van der Waals surface area contributed by atoms with Crippen molar-refractivity contribution in [1.82, 2.24) is 14.1 Å². The molecule has 0 aromatic heterocycles. The van der Waals surface area contributed by atoms with Gasteiger partial charge in [0.25, 0.3) is 0 Å². The summed E-state index contributed by atoms with van der Waals surface area (Å²) in [5.74, 6) is 0.488. The van der Waals surface area contributed by atoms with Crippen LogP contribution < -0.4 is 0 Å². The van der Waals surface area contributed by atoms with Gasteiger partial charge in [0.15, 0.2) is 0 Å². The van der Waals surface area contributed by atoms with Gasteiger partial charge in [0.2, 0.25) is 10.0 Å². The molecular weight excluding hydrogens is 438 g/mol. The van der Waals surface area contributed by atoms with E-state index in [1.165, 1.54) is 29.8 Å². The van der Waals surface area contributed by atoms with Gasteiger partial charge < -0.3 is 10.2 Å². The number of fused-ring (bicyclic) bond motifs is 1. The third-order valence-electron chi connectivity index (χ3n) is 6.97. The molecule has 8 heteroatoms. The highest BCUT2D eigenvalue weighted by Gasteiger charge is 2.30. The Kier molecular flexibility index (Phi) is 7.58. The zero-order chi connectivity index (χ0) is 23.4. The summed E-state index contributed by atoms with van der Waals surface area (Å²) in [6.07, 6.45) is 4.05. The van der Waals surface area contributed by atoms with E-state index in [-0.39, 0.29) is 10.6 Å². The van der Waals surface area contributed by atoms with E-state index < -0.39 is 10.0 Å². The molecule has 0 radical (unpaired) electrons. The second-order valence-corrected chi connectivity index (χ2v) is 11.0. The Labute approximate surface area is 197 Å². The lowest BCUT2D eigenvalue weighted by Gasteiger charge is -2.38. The number of nitrogens with zero attached hydrogens (tertiary/aromatic N) is 3. The summed E-state index contributed by atoms with van der Waals surface area (Å²) in [4.78, 5) is 5.16. The Balaban J connectivity index is 1.31. The molecule has 33 heavy (non-hydrogen) atoms. The highest BCUT2D eigenvalue weighted by Crippen LogP contribution is 2.30. The Morgan fingerprint density at radius 3 is 2.42 bits per heavy atom. The lowest BCUT2D eigenvalue weighted by molar-refractivity contribution is 0.128. The van der Waals surface area contributed by atoms with Crippen LogP contribution in [-0.2, 0) is 22.9 Å². The van der Waals surface area contributed by atoms with Crippen LogP contribution in [0.2, 0.25) is 0 Å². The van der Waals surface area contributed by atoms with Crippen LogP contribution in [-0.4, -0.2) is 84.6 Å². The van der Waals surface area contributed by atoms with E-state index in [0.29, 0.717) is 24.9 Å². The fourth-order valence-corrected chi connectivity index (χ4v) is 6.50. The van der Waals surface area contributed by atoms with Gasteiger partial charge in [0.1, 0.15) is 11.5 Å². The molecule has 1 atom stereocenters. The Hall–Kier alpha value is -2.13. The smallest absolute Gasteiger partial charge is 0.243 e. The van der Waals surface area contributed by atoms with Crippen molar-refractivity contribution in [1.29, 1.82) is 0 Å².